The van der Waals surface area contributed by atoms with Crippen molar-refractivity contribution >= 4 is 9.84 Å². The number of sulfone groups is 1. The summed E-state index contributed by atoms with van der Waals surface area (Å²) in [7, 11) is -3.48. The minimum atomic E-state index is -3.48. The average molecular weight is 297 g/mol. The Balaban J connectivity index is 2.08. The summed E-state index contributed by atoms with van der Waals surface area (Å²) in [5.74, 6) is -0.109. The summed E-state index contributed by atoms with van der Waals surface area (Å²) in [6, 6.07) is 15.9. The lowest BCUT2D eigenvalue weighted by molar-refractivity contribution is 0.594. The average Bonchev–Trinajstić information content (AvgIpc) is 2.54. The molecule has 1 aliphatic carbocycles. The van der Waals surface area contributed by atoms with Gasteiger partial charge in [-0.1, -0.05) is 24.3 Å². The molecule has 0 amide bonds. The quantitative estimate of drug-likeness (QED) is 0.853. The van der Waals surface area contributed by atoms with E-state index in [1.54, 1.807) is 48.5 Å². The predicted octanol–water partition coefficient (Wildman–Crippen LogP) is 3.46. The molecule has 3 nitrogen and oxygen atoms in total. The maximum Gasteiger partial charge on any atom is 0.206 e. The van der Waals surface area contributed by atoms with Crippen LogP contribution >= 0.6 is 0 Å². The first kappa shape index (κ1) is 13.8. The van der Waals surface area contributed by atoms with E-state index in [0.29, 0.717) is 9.79 Å². The number of fused-ring (bicyclic) bond motifs is 1. The number of nitrogens with zero attached hydrogens (tertiary/aromatic N) is 1. The lowest BCUT2D eigenvalue weighted by Gasteiger charge is -2.21. The van der Waals surface area contributed by atoms with Gasteiger partial charge >= 0.3 is 0 Å². The Morgan fingerprint density at radius 3 is 2.52 bits per heavy atom. The van der Waals surface area contributed by atoms with E-state index in [2.05, 4.69) is 6.07 Å². The summed E-state index contributed by atoms with van der Waals surface area (Å²) in [6.45, 7) is 0. The van der Waals surface area contributed by atoms with Crippen LogP contribution in [0.2, 0.25) is 0 Å². The van der Waals surface area contributed by atoms with Crippen molar-refractivity contribution in [3.05, 3.63) is 59.7 Å². The zero-order valence-electron chi connectivity index (χ0n) is 11.5. The third-order valence-corrected chi connectivity index (χ3v) is 5.72. The molecule has 0 unspecified atom stereocenters. The van der Waals surface area contributed by atoms with Crippen LogP contribution in [0.3, 0.4) is 0 Å². The van der Waals surface area contributed by atoms with Gasteiger partial charge < -0.3 is 0 Å². The maximum atomic E-state index is 12.6. The van der Waals surface area contributed by atoms with Crippen molar-refractivity contribution in [1.29, 1.82) is 5.26 Å². The van der Waals surface area contributed by atoms with E-state index in [1.165, 1.54) is 0 Å². The summed E-state index contributed by atoms with van der Waals surface area (Å²) >= 11 is 0. The van der Waals surface area contributed by atoms with E-state index in [4.69, 9.17) is 0 Å². The molecular weight excluding hydrogens is 282 g/mol. The van der Waals surface area contributed by atoms with Crippen LogP contribution in [0.15, 0.2) is 58.3 Å². The number of hydrogen-bond donors (Lipinski definition) is 0. The molecule has 0 saturated carbocycles. The summed E-state index contributed by atoms with van der Waals surface area (Å²) in [6.07, 6.45) is 2.63. The zero-order valence-corrected chi connectivity index (χ0v) is 12.3. The maximum absolute atomic E-state index is 12.6. The Kier molecular flexibility index (Phi) is 3.52. The fourth-order valence-corrected chi connectivity index (χ4v) is 4.16. The number of nitriles is 1. The Bertz CT molecular complexity index is 804. The second-order valence-electron chi connectivity index (χ2n) is 5.25. The van der Waals surface area contributed by atoms with Gasteiger partial charge in [0, 0.05) is 0 Å². The van der Waals surface area contributed by atoms with Gasteiger partial charge in [-0.25, -0.2) is 8.42 Å². The van der Waals surface area contributed by atoms with Crippen LogP contribution in [0.25, 0.3) is 0 Å². The van der Waals surface area contributed by atoms with Gasteiger partial charge in [-0.3, -0.25) is 0 Å². The first-order valence-electron chi connectivity index (χ1n) is 6.95. The van der Waals surface area contributed by atoms with Crippen molar-refractivity contribution in [3.8, 4) is 6.07 Å². The molecule has 0 N–H and O–H groups in total. The van der Waals surface area contributed by atoms with E-state index in [1.807, 2.05) is 0 Å². The van der Waals surface area contributed by atoms with Crippen LogP contribution in [0.4, 0.5) is 0 Å². The molecule has 2 aromatic carbocycles. The molecule has 0 fully saturated rings. The van der Waals surface area contributed by atoms with Crippen molar-refractivity contribution < 1.29 is 8.42 Å². The topological polar surface area (TPSA) is 57.9 Å². The van der Waals surface area contributed by atoms with E-state index in [9.17, 15) is 13.7 Å². The van der Waals surface area contributed by atoms with Gasteiger partial charge in [-0.05, 0) is 54.7 Å². The molecule has 1 aliphatic rings. The molecule has 21 heavy (non-hydrogen) atoms. The van der Waals surface area contributed by atoms with Crippen molar-refractivity contribution in [3.63, 3.8) is 0 Å². The molecule has 0 radical (unpaired) electrons. The minimum Gasteiger partial charge on any atom is -0.219 e. The highest BCUT2D eigenvalue weighted by atomic mass is 32.2. The first-order chi connectivity index (χ1) is 10.1. The standard InChI is InChI=1S/C17H15NO2S/c18-12-14-6-4-5-13-11-16(9-10-17(13)14)21(19,20)15-7-2-1-3-8-15/h1-3,7-11,14H,4-6H2/t14-/m1/s1. The second-order valence-corrected chi connectivity index (χ2v) is 7.20. The second kappa shape index (κ2) is 5.34. The lowest BCUT2D eigenvalue weighted by atomic mass is 9.84. The van der Waals surface area contributed by atoms with E-state index >= 15 is 0 Å². The van der Waals surface area contributed by atoms with E-state index < -0.39 is 9.84 Å². The molecular formula is C17H15NO2S. The highest BCUT2D eigenvalue weighted by molar-refractivity contribution is 7.91. The van der Waals surface area contributed by atoms with Crippen molar-refractivity contribution in [2.45, 2.75) is 35.0 Å². The van der Waals surface area contributed by atoms with Crippen LogP contribution in [0, 0.1) is 11.3 Å². The van der Waals surface area contributed by atoms with Crippen molar-refractivity contribution in [1.82, 2.24) is 0 Å². The predicted molar refractivity (Wildman–Crippen MR) is 79.6 cm³/mol. The molecule has 0 spiro atoms. The number of benzene rings is 2. The molecule has 1 atom stereocenters. The zero-order chi connectivity index (χ0) is 14.9. The molecule has 2 aromatic rings. The van der Waals surface area contributed by atoms with E-state index in [0.717, 1.165) is 30.4 Å². The summed E-state index contributed by atoms with van der Waals surface area (Å²) in [4.78, 5) is 0.614. The third-order valence-electron chi connectivity index (χ3n) is 3.95. The lowest BCUT2D eigenvalue weighted by Crippen LogP contribution is -2.10. The van der Waals surface area contributed by atoms with Crippen LogP contribution in [0.1, 0.15) is 29.9 Å². The normalized spacial score (nSPS) is 17.8. The molecule has 0 aromatic heterocycles. The Morgan fingerprint density at radius 2 is 1.81 bits per heavy atom. The van der Waals surface area contributed by atoms with Crippen molar-refractivity contribution in [2.75, 3.05) is 0 Å². The Hall–Kier alpha value is -2.12. The van der Waals surface area contributed by atoms with E-state index in [-0.39, 0.29) is 5.92 Å². The van der Waals surface area contributed by atoms with Gasteiger partial charge in [-0.2, -0.15) is 5.26 Å². The molecule has 0 bridgehead atoms. The summed E-state index contributed by atoms with van der Waals surface area (Å²) in [5, 5.41) is 9.18. The van der Waals surface area contributed by atoms with Crippen molar-refractivity contribution in [2.24, 2.45) is 0 Å². The van der Waals surface area contributed by atoms with Crippen LogP contribution in [0.5, 0.6) is 0 Å². The fraction of sp³-hybridized carbons (Fsp3) is 0.235. The Morgan fingerprint density at radius 1 is 1.05 bits per heavy atom. The van der Waals surface area contributed by atoms with Crippen LogP contribution in [-0.4, -0.2) is 8.42 Å². The Labute approximate surface area is 124 Å². The van der Waals surface area contributed by atoms with Gasteiger partial charge in [0.25, 0.3) is 0 Å². The largest absolute Gasteiger partial charge is 0.219 e. The first-order valence-corrected chi connectivity index (χ1v) is 8.44. The van der Waals surface area contributed by atoms with Gasteiger partial charge in [-0.15, -0.1) is 0 Å². The highest BCUT2D eigenvalue weighted by Crippen LogP contribution is 2.33. The summed E-state index contributed by atoms with van der Waals surface area (Å²) < 4.78 is 25.2. The number of aryl methyl sites for hydroxylation is 1. The number of hydrogen-bond acceptors (Lipinski definition) is 3. The van der Waals surface area contributed by atoms with Gasteiger partial charge in [0.2, 0.25) is 9.84 Å². The molecule has 0 heterocycles. The fourth-order valence-electron chi connectivity index (χ4n) is 2.83. The molecule has 106 valence electrons. The molecule has 0 aliphatic heterocycles. The van der Waals surface area contributed by atoms with Crippen LogP contribution in [-0.2, 0) is 16.3 Å². The van der Waals surface area contributed by atoms with Crippen LogP contribution < -0.4 is 0 Å². The van der Waals surface area contributed by atoms with Gasteiger partial charge in [0.15, 0.2) is 0 Å². The SMILES string of the molecule is N#C[C@H]1CCCc2cc(S(=O)(=O)c3ccccc3)ccc21. The number of rotatable bonds is 2. The third kappa shape index (κ3) is 2.45. The molecule has 0 saturated heterocycles. The monoisotopic (exact) mass is 297 g/mol. The van der Waals surface area contributed by atoms with Gasteiger partial charge in [0.05, 0.1) is 21.8 Å². The van der Waals surface area contributed by atoms with Gasteiger partial charge in [0.1, 0.15) is 0 Å². The molecule has 3 rings (SSSR count). The smallest absolute Gasteiger partial charge is 0.206 e. The summed E-state index contributed by atoms with van der Waals surface area (Å²) in [5.41, 5.74) is 1.97. The highest BCUT2D eigenvalue weighted by Gasteiger charge is 2.23. The molecule has 4 heteroatoms. The minimum absolute atomic E-state index is 0.109.